The van der Waals surface area contributed by atoms with Crippen LogP contribution in [-0.2, 0) is 4.74 Å². The van der Waals surface area contributed by atoms with Gasteiger partial charge in [0.05, 0.1) is 12.7 Å². The SMILES string of the molecule is NCC1CN2CCCCC2CO1. The van der Waals surface area contributed by atoms with Gasteiger partial charge in [0.15, 0.2) is 0 Å². The Morgan fingerprint density at radius 3 is 3.17 bits per heavy atom. The van der Waals surface area contributed by atoms with E-state index in [0.29, 0.717) is 18.7 Å². The minimum absolute atomic E-state index is 0.291. The first-order valence-electron chi connectivity index (χ1n) is 4.96. The summed E-state index contributed by atoms with van der Waals surface area (Å²) in [5.74, 6) is 0. The van der Waals surface area contributed by atoms with Crippen LogP contribution < -0.4 is 5.73 Å². The van der Waals surface area contributed by atoms with Crippen LogP contribution in [0.1, 0.15) is 19.3 Å². The Bertz CT molecular complexity index is 151. The van der Waals surface area contributed by atoms with Crippen LogP contribution in [0.25, 0.3) is 0 Å². The average Bonchev–Trinajstić information content (AvgIpc) is 2.17. The average molecular weight is 170 g/mol. The van der Waals surface area contributed by atoms with E-state index in [-0.39, 0.29) is 0 Å². The van der Waals surface area contributed by atoms with Crippen LogP contribution in [0.15, 0.2) is 0 Å². The van der Waals surface area contributed by atoms with E-state index in [4.69, 9.17) is 10.5 Å². The van der Waals surface area contributed by atoms with Crippen molar-refractivity contribution >= 4 is 0 Å². The highest BCUT2D eigenvalue weighted by atomic mass is 16.5. The van der Waals surface area contributed by atoms with Gasteiger partial charge in [0.25, 0.3) is 0 Å². The minimum atomic E-state index is 0.291. The maximum Gasteiger partial charge on any atom is 0.0824 e. The standard InChI is InChI=1S/C9H18N2O/c10-5-9-6-11-4-2-1-3-8(11)7-12-9/h8-9H,1-7,10H2. The van der Waals surface area contributed by atoms with Crippen molar-refractivity contribution in [1.29, 1.82) is 0 Å². The van der Waals surface area contributed by atoms with Gasteiger partial charge in [-0.1, -0.05) is 6.42 Å². The minimum Gasteiger partial charge on any atom is -0.374 e. The Labute approximate surface area is 73.9 Å². The summed E-state index contributed by atoms with van der Waals surface area (Å²) >= 11 is 0. The molecule has 0 amide bonds. The molecule has 2 N–H and O–H groups in total. The van der Waals surface area contributed by atoms with Gasteiger partial charge in [0.2, 0.25) is 0 Å². The van der Waals surface area contributed by atoms with Gasteiger partial charge in [-0.05, 0) is 19.4 Å². The first-order valence-corrected chi connectivity index (χ1v) is 4.96. The van der Waals surface area contributed by atoms with Crippen LogP contribution in [0, 0.1) is 0 Å². The monoisotopic (exact) mass is 170 g/mol. The molecule has 0 aliphatic carbocycles. The van der Waals surface area contributed by atoms with Gasteiger partial charge >= 0.3 is 0 Å². The predicted molar refractivity (Wildman–Crippen MR) is 48.0 cm³/mol. The molecule has 2 saturated heterocycles. The Hall–Kier alpha value is -0.120. The fourth-order valence-corrected chi connectivity index (χ4v) is 2.19. The number of ether oxygens (including phenoxy) is 1. The van der Waals surface area contributed by atoms with E-state index in [1.807, 2.05) is 0 Å². The summed E-state index contributed by atoms with van der Waals surface area (Å²) in [4.78, 5) is 2.55. The van der Waals surface area contributed by atoms with Crippen molar-refractivity contribution in [2.45, 2.75) is 31.4 Å². The molecule has 0 radical (unpaired) electrons. The van der Waals surface area contributed by atoms with Gasteiger partial charge in [0.1, 0.15) is 0 Å². The number of nitrogens with two attached hydrogens (primary N) is 1. The number of morpholine rings is 1. The molecule has 2 rings (SSSR count). The molecule has 0 aromatic heterocycles. The molecule has 2 aliphatic rings. The lowest BCUT2D eigenvalue weighted by molar-refractivity contribution is -0.0704. The molecule has 3 heteroatoms. The largest absolute Gasteiger partial charge is 0.374 e. The van der Waals surface area contributed by atoms with E-state index >= 15 is 0 Å². The van der Waals surface area contributed by atoms with Crippen molar-refractivity contribution in [3.05, 3.63) is 0 Å². The first-order chi connectivity index (χ1) is 5.90. The quantitative estimate of drug-likeness (QED) is 0.611. The highest BCUT2D eigenvalue weighted by Gasteiger charge is 2.29. The van der Waals surface area contributed by atoms with E-state index in [9.17, 15) is 0 Å². The van der Waals surface area contributed by atoms with E-state index in [0.717, 1.165) is 13.2 Å². The third-order valence-corrected chi connectivity index (χ3v) is 2.97. The summed E-state index contributed by atoms with van der Waals surface area (Å²) in [5.41, 5.74) is 5.57. The second-order valence-corrected chi connectivity index (χ2v) is 3.84. The number of hydrogen-bond acceptors (Lipinski definition) is 3. The highest BCUT2D eigenvalue weighted by molar-refractivity contribution is 4.83. The fourth-order valence-electron chi connectivity index (χ4n) is 2.19. The number of rotatable bonds is 1. The van der Waals surface area contributed by atoms with Gasteiger partial charge in [-0.15, -0.1) is 0 Å². The molecule has 70 valence electrons. The molecular formula is C9H18N2O. The van der Waals surface area contributed by atoms with E-state index in [1.165, 1.54) is 25.8 Å². The van der Waals surface area contributed by atoms with Crippen LogP contribution in [0.3, 0.4) is 0 Å². The molecule has 3 nitrogen and oxygen atoms in total. The van der Waals surface area contributed by atoms with E-state index in [2.05, 4.69) is 4.90 Å². The lowest BCUT2D eigenvalue weighted by Gasteiger charge is -2.42. The van der Waals surface area contributed by atoms with Crippen molar-refractivity contribution in [3.8, 4) is 0 Å². The summed E-state index contributed by atoms with van der Waals surface area (Å²) in [6.07, 6.45) is 4.34. The molecule has 12 heavy (non-hydrogen) atoms. The van der Waals surface area contributed by atoms with Crippen LogP contribution in [0.5, 0.6) is 0 Å². The lowest BCUT2D eigenvalue weighted by atomic mass is 10.0. The van der Waals surface area contributed by atoms with Crippen molar-refractivity contribution in [2.75, 3.05) is 26.2 Å². The molecule has 0 saturated carbocycles. The number of piperidine rings is 1. The zero-order valence-corrected chi connectivity index (χ0v) is 7.54. The summed E-state index contributed by atoms with van der Waals surface area (Å²) < 4.78 is 5.63. The van der Waals surface area contributed by atoms with Gasteiger partial charge in [0, 0.05) is 19.1 Å². The van der Waals surface area contributed by atoms with Crippen LogP contribution >= 0.6 is 0 Å². The van der Waals surface area contributed by atoms with Crippen LogP contribution in [-0.4, -0.2) is 43.3 Å². The normalized spacial score (nSPS) is 37.8. The molecule has 0 spiro atoms. The third-order valence-electron chi connectivity index (χ3n) is 2.97. The Morgan fingerprint density at radius 2 is 2.33 bits per heavy atom. The Kier molecular flexibility index (Phi) is 2.63. The van der Waals surface area contributed by atoms with Crippen LogP contribution in [0.2, 0.25) is 0 Å². The maximum atomic E-state index is 5.63. The topological polar surface area (TPSA) is 38.5 Å². The second-order valence-electron chi connectivity index (χ2n) is 3.84. The van der Waals surface area contributed by atoms with Crippen molar-refractivity contribution in [3.63, 3.8) is 0 Å². The first kappa shape index (κ1) is 8.48. The van der Waals surface area contributed by atoms with Crippen molar-refractivity contribution in [2.24, 2.45) is 5.73 Å². The molecule has 0 aromatic rings. The zero-order chi connectivity index (χ0) is 8.39. The van der Waals surface area contributed by atoms with Crippen molar-refractivity contribution < 1.29 is 4.74 Å². The summed E-state index contributed by atoms with van der Waals surface area (Å²) in [6.45, 7) is 3.89. The fraction of sp³-hybridized carbons (Fsp3) is 1.00. The van der Waals surface area contributed by atoms with E-state index in [1.54, 1.807) is 0 Å². The van der Waals surface area contributed by atoms with Gasteiger partial charge < -0.3 is 10.5 Å². The molecular weight excluding hydrogens is 152 g/mol. The van der Waals surface area contributed by atoms with Crippen molar-refractivity contribution in [1.82, 2.24) is 4.90 Å². The summed E-state index contributed by atoms with van der Waals surface area (Å²) in [7, 11) is 0. The van der Waals surface area contributed by atoms with E-state index < -0.39 is 0 Å². The molecule has 2 atom stereocenters. The number of hydrogen-bond donors (Lipinski definition) is 1. The number of fused-ring (bicyclic) bond motifs is 1. The van der Waals surface area contributed by atoms with Gasteiger partial charge in [-0.25, -0.2) is 0 Å². The van der Waals surface area contributed by atoms with Gasteiger partial charge in [-0.3, -0.25) is 4.90 Å². The maximum absolute atomic E-state index is 5.63. The highest BCUT2D eigenvalue weighted by Crippen LogP contribution is 2.21. The molecule has 2 aliphatic heterocycles. The predicted octanol–water partition coefficient (Wildman–Crippen LogP) is 0.198. The van der Waals surface area contributed by atoms with Gasteiger partial charge in [-0.2, -0.15) is 0 Å². The second kappa shape index (κ2) is 3.73. The third kappa shape index (κ3) is 1.63. The van der Waals surface area contributed by atoms with Crippen LogP contribution in [0.4, 0.5) is 0 Å². The Morgan fingerprint density at radius 1 is 1.42 bits per heavy atom. The molecule has 0 bridgehead atoms. The molecule has 2 fully saturated rings. The summed E-state index contributed by atoms with van der Waals surface area (Å²) in [5, 5.41) is 0. The smallest absolute Gasteiger partial charge is 0.0824 e. The lowest BCUT2D eigenvalue weighted by Crippen LogP contribution is -2.53. The molecule has 0 aromatic carbocycles. The molecule has 2 heterocycles. The summed E-state index contributed by atoms with van der Waals surface area (Å²) in [6, 6.07) is 0.696. The number of nitrogens with zero attached hydrogens (tertiary/aromatic N) is 1. The zero-order valence-electron chi connectivity index (χ0n) is 7.54. The Balaban J connectivity index is 1.90. The molecule has 2 unspecified atom stereocenters.